The number of rotatable bonds is 6. The molecule has 2 N–H and O–H groups in total. The second kappa shape index (κ2) is 10.9. The first-order valence-electron chi connectivity index (χ1n) is 10.3. The fourth-order valence-electron chi connectivity index (χ4n) is 3.21. The minimum absolute atomic E-state index is 0. The van der Waals surface area contributed by atoms with E-state index in [4.69, 9.17) is 4.98 Å². The number of thiazole rings is 1. The average molecular weight is 535 g/mol. The number of nitrogens with one attached hydrogen (secondary N) is 2. The van der Waals surface area contributed by atoms with Gasteiger partial charge in [0.05, 0.1) is 17.2 Å². The molecule has 29 heavy (non-hydrogen) atoms. The largest absolute Gasteiger partial charge is 0.356 e. The van der Waals surface area contributed by atoms with Crippen LogP contribution in [-0.2, 0) is 16.6 Å². The van der Waals surface area contributed by atoms with E-state index in [-0.39, 0.29) is 35.3 Å². The van der Waals surface area contributed by atoms with Crippen LogP contribution in [0.5, 0.6) is 0 Å². The Morgan fingerprint density at radius 2 is 1.97 bits per heavy atom. The van der Waals surface area contributed by atoms with Crippen molar-refractivity contribution in [1.29, 1.82) is 0 Å². The van der Waals surface area contributed by atoms with Gasteiger partial charge in [0.2, 0.25) is 5.91 Å². The lowest BCUT2D eigenvalue weighted by atomic mass is 9.93. The second-order valence-electron chi connectivity index (χ2n) is 8.71. The highest BCUT2D eigenvalue weighted by Crippen LogP contribution is 2.24. The predicted octanol–water partition coefficient (Wildman–Crippen LogP) is 2.07. The SMILES string of the molecule is CN=C(NCCc1nc(C(C)(C)C)cs1)N1CCN(CC(=O)NC2CC2)CC1.I. The third-order valence-electron chi connectivity index (χ3n) is 5.14. The van der Waals surface area contributed by atoms with Crippen LogP contribution in [0.2, 0.25) is 0 Å². The van der Waals surface area contributed by atoms with Crippen molar-refractivity contribution in [3.63, 3.8) is 0 Å². The second-order valence-corrected chi connectivity index (χ2v) is 9.65. The van der Waals surface area contributed by atoms with Gasteiger partial charge in [-0.05, 0) is 12.8 Å². The summed E-state index contributed by atoms with van der Waals surface area (Å²) in [5, 5.41) is 9.87. The average Bonchev–Trinajstić information content (AvgIpc) is 3.31. The number of nitrogens with zero attached hydrogens (tertiary/aromatic N) is 4. The van der Waals surface area contributed by atoms with Gasteiger partial charge in [0.25, 0.3) is 0 Å². The molecule has 1 amide bonds. The van der Waals surface area contributed by atoms with E-state index in [2.05, 4.69) is 51.6 Å². The zero-order valence-corrected chi connectivity index (χ0v) is 21.2. The van der Waals surface area contributed by atoms with E-state index in [1.54, 1.807) is 11.3 Å². The van der Waals surface area contributed by atoms with Crippen molar-refractivity contribution in [3.8, 4) is 0 Å². The number of halogens is 1. The molecule has 164 valence electrons. The Labute approximate surface area is 195 Å². The first kappa shape index (κ1) is 24.3. The number of carbonyl (C=O) groups is 1. The molecule has 2 aliphatic rings. The summed E-state index contributed by atoms with van der Waals surface area (Å²) in [6, 6.07) is 0.439. The van der Waals surface area contributed by atoms with E-state index in [0.29, 0.717) is 12.6 Å². The topological polar surface area (TPSA) is 72.9 Å². The molecule has 0 unspecified atom stereocenters. The van der Waals surface area contributed by atoms with E-state index in [1.165, 1.54) is 10.7 Å². The van der Waals surface area contributed by atoms with Gasteiger partial charge in [0, 0.05) is 63.0 Å². The standard InChI is InChI=1S/C20H34N6OS.HI/c1-20(2,3)16-14-28-18(24-16)7-8-22-19(21-4)26-11-9-25(10-12-26)13-17(27)23-15-5-6-15;/h14-15H,5-13H2,1-4H3,(H,21,22)(H,23,27);1H. The van der Waals surface area contributed by atoms with E-state index in [9.17, 15) is 4.79 Å². The van der Waals surface area contributed by atoms with Crippen molar-refractivity contribution in [2.45, 2.75) is 51.5 Å². The Kier molecular flexibility index (Phi) is 9.15. The summed E-state index contributed by atoms with van der Waals surface area (Å²) in [5.74, 6) is 1.10. The molecule has 0 spiro atoms. The first-order valence-corrected chi connectivity index (χ1v) is 11.2. The fourth-order valence-corrected chi connectivity index (χ4v) is 4.23. The fraction of sp³-hybridized carbons (Fsp3) is 0.750. The molecular formula is C20H35IN6OS. The van der Waals surface area contributed by atoms with Crippen molar-refractivity contribution in [1.82, 2.24) is 25.4 Å². The Morgan fingerprint density at radius 3 is 2.52 bits per heavy atom. The van der Waals surface area contributed by atoms with Crippen LogP contribution in [-0.4, -0.2) is 79.0 Å². The molecule has 0 radical (unpaired) electrons. The van der Waals surface area contributed by atoms with Gasteiger partial charge in [-0.15, -0.1) is 35.3 Å². The molecule has 0 atom stereocenters. The summed E-state index contributed by atoms with van der Waals surface area (Å²) >= 11 is 1.74. The summed E-state index contributed by atoms with van der Waals surface area (Å²) < 4.78 is 0. The molecule has 2 heterocycles. The van der Waals surface area contributed by atoms with Crippen molar-refractivity contribution >= 4 is 47.2 Å². The third-order valence-corrected chi connectivity index (χ3v) is 6.04. The quantitative estimate of drug-likeness (QED) is 0.332. The van der Waals surface area contributed by atoms with Gasteiger partial charge in [-0.2, -0.15) is 0 Å². The van der Waals surface area contributed by atoms with Crippen molar-refractivity contribution in [3.05, 3.63) is 16.1 Å². The maximum atomic E-state index is 12.0. The molecule has 0 aromatic carbocycles. The lowest BCUT2D eigenvalue weighted by Crippen LogP contribution is -2.54. The van der Waals surface area contributed by atoms with Gasteiger partial charge in [-0.25, -0.2) is 4.98 Å². The van der Waals surface area contributed by atoms with Crippen LogP contribution in [0.15, 0.2) is 10.4 Å². The number of hydrogen-bond donors (Lipinski definition) is 2. The summed E-state index contributed by atoms with van der Waals surface area (Å²) in [4.78, 5) is 25.7. The van der Waals surface area contributed by atoms with E-state index in [0.717, 1.165) is 57.9 Å². The highest BCUT2D eigenvalue weighted by atomic mass is 127. The Balaban J connectivity index is 0.00000300. The zero-order valence-electron chi connectivity index (χ0n) is 18.0. The zero-order chi connectivity index (χ0) is 20.1. The highest BCUT2D eigenvalue weighted by molar-refractivity contribution is 14.0. The van der Waals surface area contributed by atoms with Gasteiger partial charge < -0.3 is 15.5 Å². The molecule has 1 saturated heterocycles. The van der Waals surface area contributed by atoms with Gasteiger partial charge in [0.1, 0.15) is 0 Å². The number of piperazine rings is 1. The van der Waals surface area contributed by atoms with Gasteiger partial charge in [-0.1, -0.05) is 20.8 Å². The monoisotopic (exact) mass is 534 g/mol. The van der Waals surface area contributed by atoms with E-state index >= 15 is 0 Å². The number of aromatic nitrogens is 1. The molecular weight excluding hydrogens is 499 g/mol. The Hall–Kier alpha value is -0.940. The van der Waals surface area contributed by atoms with Crippen molar-refractivity contribution in [2.24, 2.45) is 4.99 Å². The van der Waals surface area contributed by atoms with Crippen molar-refractivity contribution < 1.29 is 4.79 Å². The molecule has 1 aliphatic heterocycles. The maximum Gasteiger partial charge on any atom is 0.234 e. The third kappa shape index (κ3) is 7.67. The lowest BCUT2D eigenvalue weighted by molar-refractivity contribution is -0.122. The molecule has 1 aromatic heterocycles. The molecule has 1 aliphatic carbocycles. The molecule has 3 rings (SSSR count). The summed E-state index contributed by atoms with van der Waals surface area (Å²) in [6.45, 7) is 11.5. The van der Waals surface area contributed by atoms with Crippen LogP contribution >= 0.6 is 35.3 Å². The van der Waals surface area contributed by atoms with Crippen LogP contribution in [0.4, 0.5) is 0 Å². The molecule has 2 fully saturated rings. The summed E-state index contributed by atoms with van der Waals surface area (Å²) in [6.07, 6.45) is 3.18. The van der Waals surface area contributed by atoms with Crippen molar-refractivity contribution in [2.75, 3.05) is 46.3 Å². The molecule has 1 saturated carbocycles. The molecule has 0 bridgehead atoms. The number of carbonyl (C=O) groups excluding carboxylic acids is 1. The summed E-state index contributed by atoms with van der Waals surface area (Å²) in [5.41, 5.74) is 1.27. The Bertz CT molecular complexity index is 689. The number of hydrogen-bond acceptors (Lipinski definition) is 5. The number of aliphatic imine (C=N–C) groups is 1. The predicted molar refractivity (Wildman–Crippen MR) is 130 cm³/mol. The van der Waals surface area contributed by atoms with Crippen LogP contribution in [0.1, 0.15) is 44.3 Å². The smallest absolute Gasteiger partial charge is 0.234 e. The normalized spacial score (nSPS) is 18.3. The van der Waals surface area contributed by atoms with Crippen LogP contribution in [0.25, 0.3) is 0 Å². The highest BCUT2D eigenvalue weighted by Gasteiger charge is 2.26. The van der Waals surface area contributed by atoms with Crippen LogP contribution < -0.4 is 10.6 Å². The maximum absolute atomic E-state index is 12.0. The lowest BCUT2D eigenvalue weighted by Gasteiger charge is -2.36. The van der Waals surface area contributed by atoms with E-state index < -0.39 is 0 Å². The molecule has 9 heteroatoms. The number of amides is 1. The van der Waals surface area contributed by atoms with Gasteiger partial charge >= 0.3 is 0 Å². The first-order chi connectivity index (χ1) is 13.3. The van der Waals surface area contributed by atoms with Crippen LogP contribution in [0.3, 0.4) is 0 Å². The van der Waals surface area contributed by atoms with Gasteiger partial charge in [0.15, 0.2) is 5.96 Å². The van der Waals surface area contributed by atoms with Crippen LogP contribution in [0, 0.1) is 0 Å². The molecule has 1 aromatic rings. The van der Waals surface area contributed by atoms with E-state index in [1.807, 2.05) is 7.05 Å². The minimum atomic E-state index is 0. The molecule has 7 nitrogen and oxygen atoms in total. The van der Waals surface area contributed by atoms with Gasteiger partial charge in [-0.3, -0.25) is 14.7 Å². The minimum Gasteiger partial charge on any atom is -0.356 e. The Morgan fingerprint density at radius 1 is 1.28 bits per heavy atom. The number of guanidine groups is 1. The summed E-state index contributed by atoms with van der Waals surface area (Å²) in [7, 11) is 1.83.